The smallest absolute Gasteiger partial charge is 0.243 e. The number of benzene rings is 1. The second kappa shape index (κ2) is 5.35. The Hall–Kier alpha value is -0.960. The summed E-state index contributed by atoms with van der Waals surface area (Å²) in [4.78, 5) is 0.334. The molecule has 0 radical (unpaired) electrons. The third-order valence-corrected chi connectivity index (χ3v) is 7.61. The van der Waals surface area contributed by atoms with Crippen LogP contribution in [0.2, 0.25) is 0 Å². The van der Waals surface area contributed by atoms with Crippen LogP contribution in [0.4, 0.5) is 0 Å². The first-order valence-electron chi connectivity index (χ1n) is 6.92. The predicted molar refractivity (Wildman–Crippen MR) is 79.3 cm³/mol. The highest BCUT2D eigenvalue weighted by molar-refractivity contribution is 7.92. The van der Waals surface area contributed by atoms with Crippen LogP contribution in [0.5, 0.6) is 0 Å². The molecule has 21 heavy (non-hydrogen) atoms. The molecular weight excluding hydrogens is 312 g/mol. The topological polar surface area (TPSA) is 83.6 Å². The van der Waals surface area contributed by atoms with Crippen LogP contribution in [0, 0.1) is 0 Å². The van der Waals surface area contributed by atoms with Crippen molar-refractivity contribution in [2.45, 2.75) is 17.9 Å². The third-order valence-electron chi connectivity index (χ3n) is 4.02. The Kier molecular flexibility index (Phi) is 3.81. The molecule has 0 aliphatic carbocycles. The normalized spacial score (nSPS) is 22.7. The molecule has 2 heterocycles. The summed E-state index contributed by atoms with van der Waals surface area (Å²) in [6, 6.07) is 5.31. The molecule has 2 aliphatic rings. The van der Waals surface area contributed by atoms with Gasteiger partial charge in [-0.2, -0.15) is 4.31 Å². The van der Waals surface area contributed by atoms with Crippen LogP contribution in [-0.2, 0) is 32.8 Å². The lowest BCUT2D eigenvalue weighted by Gasteiger charge is -2.28. The van der Waals surface area contributed by atoms with Gasteiger partial charge in [-0.3, -0.25) is 0 Å². The number of sulfone groups is 1. The number of rotatable bonds is 2. The number of sulfonamides is 1. The number of nitrogens with zero attached hydrogens (tertiary/aromatic N) is 1. The van der Waals surface area contributed by atoms with Crippen molar-refractivity contribution in [2.24, 2.45) is 0 Å². The quantitative estimate of drug-likeness (QED) is 0.808. The van der Waals surface area contributed by atoms with Crippen LogP contribution in [0.25, 0.3) is 0 Å². The van der Waals surface area contributed by atoms with Crippen molar-refractivity contribution in [3.8, 4) is 0 Å². The Morgan fingerprint density at radius 2 is 1.86 bits per heavy atom. The minimum absolute atomic E-state index is 0.0482. The van der Waals surface area contributed by atoms with E-state index >= 15 is 0 Å². The van der Waals surface area contributed by atoms with Gasteiger partial charge in [0.15, 0.2) is 9.84 Å². The van der Waals surface area contributed by atoms with Gasteiger partial charge >= 0.3 is 0 Å². The molecule has 2 aliphatic heterocycles. The van der Waals surface area contributed by atoms with Crippen molar-refractivity contribution in [1.29, 1.82) is 0 Å². The molecule has 1 aromatic carbocycles. The largest absolute Gasteiger partial charge is 0.312 e. The van der Waals surface area contributed by atoms with Crippen LogP contribution in [0.3, 0.4) is 0 Å². The van der Waals surface area contributed by atoms with Crippen molar-refractivity contribution in [1.82, 2.24) is 9.62 Å². The summed E-state index contributed by atoms with van der Waals surface area (Å²) in [5.41, 5.74) is 1.87. The lowest BCUT2D eigenvalue weighted by atomic mass is 10.0. The first-order valence-corrected chi connectivity index (χ1v) is 10.2. The molecule has 1 fully saturated rings. The average Bonchev–Trinajstić information content (AvgIpc) is 2.46. The highest BCUT2D eigenvalue weighted by atomic mass is 32.2. The minimum atomic E-state index is -3.61. The highest BCUT2D eigenvalue weighted by Crippen LogP contribution is 2.26. The summed E-state index contributed by atoms with van der Waals surface area (Å²) in [7, 11) is -6.70. The molecule has 116 valence electrons. The van der Waals surface area contributed by atoms with Crippen molar-refractivity contribution in [2.75, 3.05) is 31.1 Å². The van der Waals surface area contributed by atoms with E-state index in [1.807, 2.05) is 6.07 Å². The fourth-order valence-electron chi connectivity index (χ4n) is 2.81. The Balaban J connectivity index is 1.96. The Morgan fingerprint density at radius 3 is 2.57 bits per heavy atom. The van der Waals surface area contributed by atoms with Gasteiger partial charge in [0.25, 0.3) is 0 Å². The zero-order valence-electron chi connectivity index (χ0n) is 11.6. The molecule has 3 rings (SSSR count). The van der Waals surface area contributed by atoms with Crippen molar-refractivity contribution in [3.05, 3.63) is 29.3 Å². The van der Waals surface area contributed by atoms with Gasteiger partial charge in [-0.1, -0.05) is 12.1 Å². The van der Waals surface area contributed by atoms with E-state index in [0.717, 1.165) is 17.7 Å². The summed E-state index contributed by atoms with van der Waals surface area (Å²) >= 11 is 0. The molecule has 0 atom stereocenters. The van der Waals surface area contributed by atoms with Gasteiger partial charge in [0.1, 0.15) is 0 Å². The molecule has 1 saturated heterocycles. The fourth-order valence-corrected chi connectivity index (χ4v) is 5.98. The number of hydrogen-bond acceptors (Lipinski definition) is 5. The lowest BCUT2D eigenvalue weighted by molar-refractivity contribution is 0.429. The standard InChI is InChI=1S/C13H18N2O4S2/c16-20(17)8-6-15(7-9-20)21(18,19)13-3-1-2-11-10-14-5-4-12(11)13/h1-3,14H,4-10H2. The number of fused-ring (bicyclic) bond motifs is 1. The monoisotopic (exact) mass is 330 g/mol. The summed E-state index contributed by atoms with van der Waals surface area (Å²) in [6.07, 6.45) is 0.677. The van der Waals surface area contributed by atoms with Crippen LogP contribution in [0.1, 0.15) is 11.1 Å². The third kappa shape index (κ3) is 2.85. The van der Waals surface area contributed by atoms with Gasteiger partial charge in [-0.25, -0.2) is 16.8 Å². The zero-order valence-corrected chi connectivity index (χ0v) is 13.2. The van der Waals surface area contributed by atoms with Crippen LogP contribution in [-0.4, -0.2) is 52.3 Å². The molecule has 0 aromatic heterocycles. The number of hydrogen-bond donors (Lipinski definition) is 1. The maximum Gasteiger partial charge on any atom is 0.243 e. The SMILES string of the molecule is O=S1(=O)CCN(S(=O)(=O)c2cccc3c2CCNC3)CC1. The molecule has 1 aromatic rings. The van der Waals surface area contributed by atoms with Crippen molar-refractivity contribution >= 4 is 19.9 Å². The summed E-state index contributed by atoms with van der Waals surface area (Å²) in [6.45, 7) is 1.53. The molecule has 0 amide bonds. The Morgan fingerprint density at radius 1 is 1.14 bits per heavy atom. The van der Waals surface area contributed by atoms with Crippen LogP contribution < -0.4 is 5.32 Å². The second-order valence-corrected chi connectivity index (χ2v) is 9.59. The van der Waals surface area contributed by atoms with E-state index in [1.165, 1.54) is 4.31 Å². The summed E-state index contributed by atoms with van der Waals surface area (Å²) < 4.78 is 49.8. The fraction of sp³-hybridized carbons (Fsp3) is 0.538. The zero-order chi connectivity index (χ0) is 15.1. The second-order valence-electron chi connectivity index (χ2n) is 5.38. The first-order chi connectivity index (χ1) is 9.90. The number of nitrogens with one attached hydrogen (secondary N) is 1. The Labute approximate surface area is 125 Å². The average molecular weight is 330 g/mol. The molecule has 0 saturated carbocycles. The minimum Gasteiger partial charge on any atom is -0.312 e. The first kappa shape index (κ1) is 15.0. The van der Waals surface area contributed by atoms with Crippen LogP contribution in [0.15, 0.2) is 23.1 Å². The lowest BCUT2D eigenvalue weighted by Crippen LogP contribution is -2.44. The van der Waals surface area contributed by atoms with E-state index in [-0.39, 0.29) is 24.6 Å². The summed E-state index contributed by atoms with van der Waals surface area (Å²) in [5.74, 6) is -0.189. The van der Waals surface area contributed by atoms with Crippen LogP contribution >= 0.6 is 0 Å². The van der Waals surface area contributed by atoms with Gasteiger partial charge in [0.05, 0.1) is 16.4 Å². The molecule has 6 nitrogen and oxygen atoms in total. The maximum atomic E-state index is 12.8. The van der Waals surface area contributed by atoms with E-state index < -0.39 is 19.9 Å². The molecule has 1 N–H and O–H groups in total. The van der Waals surface area contributed by atoms with E-state index in [1.54, 1.807) is 12.1 Å². The predicted octanol–water partition coefficient (Wildman–Crippen LogP) is -0.249. The van der Waals surface area contributed by atoms with Gasteiger partial charge in [0.2, 0.25) is 10.0 Å². The van der Waals surface area contributed by atoms with E-state index in [2.05, 4.69) is 5.32 Å². The molecule has 0 bridgehead atoms. The van der Waals surface area contributed by atoms with Crippen molar-refractivity contribution < 1.29 is 16.8 Å². The van der Waals surface area contributed by atoms with Gasteiger partial charge < -0.3 is 5.32 Å². The van der Waals surface area contributed by atoms with Gasteiger partial charge in [0, 0.05) is 19.6 Å². The molecule has 0 spiro atoms. The molecular formula is C13H18N2O4S2. The molecule has 0 unspecified atom stereocenters. The van der Waals surface area contributed by atoms with E-state index in [0.29, 0.717) is 17.9 Å². The highest BCUT2D eigenvalue weighted by Gasteiger charge is 2.33. The Bertz CT molecular complexity index is 742. The summed E-state index contributed by atoms with van der Waals surface area (Å²) in [5, 5.41) is 3.22. The molecule has 8 heteroatoms. The van der Waals surface area contributed by atoms with Crippen molar-refractivity contribution in [3.63, 3.8) is 0 Å². The van der Waals surface area contributed by atoms with Gasteiger partial charge in [-0.15, -0.1) is 0 Å². The van der Waals surface area contributed by atoms with E-state index in [9.17, 15) is 16.8 Å². The van der Waals surface area contributed by atoms with E-state index in [4.69, 9.17) is 0 Å². The maximum absolute atomic E-state index is 12.8. The van der Waals surface area contributed by atoms with Gasteiger partial charge in [-0.05, 0) is 30.2 Å².